The predicted octanol–water partition coefficient (Wildman–Crippen LogP) is 2.66. The molecule has 0 fully saturated rings. The largest absolute Gasteiger partial charge is 0.386 e. The van der Waals surface area contributed by atoms with E-state index < -0.39 is 11.7 Å². The molecule has 1 aliphatic carbocycles. The summed E-state index contributed by atoms with van der Waals surface area (Å²) in [5, 5.41) is 10.1. The first-order valence-electron chi connectivity index (χ1n) is 5.50. The molecule has 0 aliphatic heterocycles. The van der Waals surface area contributed by atoms with E-state index in [1.54, 1.807) is 7.11 Å². The Morgan fingerprint density at radius 2 is 2.07 bits per heavy atom. The summed E-state index contributed by atoms with van der Waals surface area (Å²) in [5.74, 6) is 0. The fraction of sp³-hybridized carbons (Fsp3) is 0.833. The van der Waals surface area contributed by atoms with E-state index in [0.717, 1.165) is 18.4 Å². The van der Waals surface area contributed by atoms with E-state index in [1.165, 1.54) is 19.3 Å². The van der Waals surface area contributed by atoms with Crippen LogP contribution in [0.4, 0.5) is 0 Å². The van der Waals surface area contributed by atoms with Gasteiger partial charge in [0.2, 0.25) is 0 Å². The second kappa shape index (κ2) is 4.94. The van der Waals surface area contributed by atoms with Crippen molar-refractivity contribution in [3.63, 3.8) is 0 Å². The van der Waals surface area contributed by atoms with Gasteiger partial charge in [0.05, 0.1) is 5.60 Å². The van der Waals surface area contributed by atoms with Gasteiger partial charge in [-0.15, -0.1) is 0 Å². The third-order valence-corrected chi connectivity index (χ3v) is 3.11. The van der Waals surface area contributed by atoms with Crippen LogP contribution in [-0.4, -0.2) is 23.9 Å². The molecule has 1 N–H and O–H groups in total. The Labute approximate surface area is 87.0 Å². The van der Waals surface area contributed by atoms with Gasteiger partial charge < -0.3 is 9.84 Å². The zero-order chi connectivity index (χ0) is 10.6. The lowest BCUT2D eigenvalue weighted by atomic mass is 9.91. The molecule has 0 saturated carbocycles. The van der Waals surface area contributed by atoms with Gasteiger partial charge in [0, 0.05) is 7.11 Å². The molecule has 0 heterocycles. The van der Waals surface area contributed by atoms with E-state index in [-0.39, 0.29) is 0 Å². The maximum atomic E-state index is 10.1. The molecular weight excluding hydrogens is 176 g/mol. The monoisotopic (exact) mass is 198 g/mol. The van der Waals surface area contributed by atoms with Crippen LogP contribution in [0.2, 0.25) is 0 Å². The number of ether oxygens (including phenoxy) is 1. The highest BCUT2D eigenvalue weighted by Gasteiger charge is 2.30. The van der Waals surface area contributed by atoms with Crippen molar-refractivity contribution in [2.45, 2.75) is 57.7 Å². The Morgan fingerprint density at radius 3 is 2.71 bits per heavy atom. The smallest absolute Gasteiger partial charge is 0.103 e. The minimum absolute atomic E-state index is 0.453. The molecule has 0 saturated heterocycles. The van der Waals surface area contributed by atoms with Crippen LogP contribution >= 0.6 is 0 Å². The van der Waals surface area contributed by atoms with Gasteiger partial charge >= 0.3 is 0 Å². The first-order valence-corrected chi connectivity index (χ1v) is 5.50. The lowest BCUT2D eigenvalue weighted by Crippen LogP contribution is -2.39. The number of aliphatic hydroxyl groups excluding tert-OH is 1. The quantitative estimate of drug-likeness (QED) is 0.706. The fourth-order valence-corrected chi connectivity index (χ4v) is 1.85. The summed E-state index contributed by atoms with van der Waals surface area (Å²) < 4.78 is 5.30. The van der Waals surface area contributed by atoms with Crippen molar-refractivity contribution >= 4 is 0 Å². The van der Waals surface area contributed by atoms with Crippen LogP contribution in [0.15, 0.2) is 11.6 Å². The molecule has 14 heavy (non-hydrogen) atoms. The molecule has 0 amide bonds. The van der Waals surface area contributed by atoms with Gasteiger partial charge in [-0.25, -0.2) is 0 Å². The summed E-state index contributed by atoms with van der Waals surface area (Å²) in [6.07, 6.45) is 7.59. The normalized spacial score (nSPS) is 21.3. The topological polar surface area (TPSA) is 29.5 Å². The minimum Gasteiger partial charge on any atom is -0.386 e. The van der Waals surface area contributed by atoms with Crippen molar-refractivity contribution in [1.29, 1.82) is 0 Å². The SMILES string of the molecule is COC(C)(C)C(O)C1=CCCCCC1. The second-order valence-electron chi connectivity index (χ2n) is 4.59. The highest BCUT2D eigenvalue weighted by atomic mass is 16.5. The minimum atomic E-state index is -0.462. The highest BCUT2D eigenvalue weighted by molar-refractivity contribution is 5.13. The molecule has 2 heteroatoms. The Hall–Kier alpha value is -0.340. The molecule has 1 aliphatic rings. The third-order valence-electron chi connectivity index (χ3n) is 3.11. The van der Waals surface area contributed by atoms with Crippen molar-refractivity contribution in [1.82, 2.24) is 0 Å². The van der Waals surface area contributed by atoms with E-state index >= 15 is 0 Å². The van der Waals surface area contributed by atoms with E-state index in [9.17, 15) is 5.11 Å². The number of hydrogen-bond donors (Lipinski definition) is 1. The van der Waals surface area contributed by atoms with Crippen LogP contribution in [0.3, 0.4) is 0 Å². The van der Waals surface area contributed by atoms with E-state index in [0.29, 0.717) is 0 Å². The molecule has 82 valence electrons. The van der Waals surface area contributed by atoms with Crippen LogP contribution in [0.25, 0.3) is 0 Å². The van der Waals surface area contributed by atoms with Gasteiger partial charge in [0.1, 0.15) is 6.10 Å². The van der Waals surface area contributed by atoms with E-state index in [4.69, 9.17) is 4.74 Å². The number of aliphatic hydroxyl groups is 1. The zero-order valence-electron chi connectivity index (χ0n) is 9.55. The third kappa shape index (κ3) is 2.82. The van der Waals surface area contributed by atoms with Crippen molar-refractivity contribution in [3.8, 4) is 0 Å². The van der Waals surface area contributed by atoms with Gasteiger partial charge in [-0.3, -0.25) is 0 Å². The average molecular weight is 198 g/mol. The van der Waals surface area contributed by atoms with Crippen LogP contribution in [-0.2, 0) is 4.74 Å². The molecule has 0 aromatic carbocycles. The van der Waals surface area contributed by atoms with Gasteiger partial charge in [-0.1, -0.05) is 12.5 Å². The standard InChI is InChI=1S/C12H22O2/c1-12(2,14-3)11(13)10-8-6-4-5-7-9-10/h8,11,13H,4-7,9H2,1-3H3. The molecule has 0 aromatic heterocycles. The first kappa shape index (κ1) is 11.7. The van der Waals surface area contributed by atoms with Crippen molar-refractivity contribution in [3.05, 3.63) is 11.6 Å². The number of allylic oxidation sites excluding steroid dienone is 1. The summed E-state index contributed by atoms with van der Waals surface area (Å²) in [6.45, 7) is 3.87. The molecule has 1 unspecified atom stereocenters. The molecule has 0 radical (unpaired) electrons. The molecular formula is C12H22O2. The first-order chi connectivity index (χ1) is 6.58. The van der Waals surface area contributed by atoms with Crippen molar-refractivity contribution in [2.24, 2.45) is 0 Å². The maximum Gasteiger partial charge on any atom is 0.103 e. The van der Waals surface area contributed by atoms with Crippen LogP contribution in [0.1, 0.15) is 46.0 Å². The molecule has 2 nitrogen and oxygen atoms in total. The molecule has 0 aromatic rings. The van der Waals surface area contributed by atoms with Crippen LogP contribution < -0.4 is 0 Å². The summed E-state index contributed by atoms with van der Waals surface area (Å²) in [6, 6.07) is 0. The maximum absolute atomic E-state index is 10.1. The lowest BCUT2D eigenvalue weighted by Gasteiger charge is -2.30. The second-order valence-corrected chi connectivity index (χ2v) is 4.59. The van der Waals surface area contributed by atoms with Crippen molar-refractivity contribution < 1.29 is 9.84 Å². The predicted molar refractivity (Wildman–Crippen MR) is 58.3 cm³/mol. The molecule has 0 bridgehead atoms. The highest BCUT2D eigenvalue weighted by Crippen LogP contribution is 2.27. The number of rotatable bonds is 3. The number of hydrogen-bond acceptors (Lipinski definition) is 2. The summed E-state index contributed by atoms with van der Waals surface area (Å²) in [7, 11) is 1.65. The van der Waals surface area contributed by atoms with Crippen LogP contribution in [0, 0.1) is 0 Å². The molecule has 1 atom stereocenters. The van der Waals surface area contributed by atoms with Gasteiger partial charge in [-0.2, -0.15) is 0 Å². The summed E-state index contributed by atoms with van der Waals surface area (Å²) in [4.78, 5) is 0. The Morgan fingerprint density at radius 1 is 1.36 bits per heavy atom. The average Bonchev–Trinajstić information content (AvgIpc) is 2.44. The molecule has 0 spiro atoms. The Balaban J connectivity index is 2.66. The summed E-state index contributed by atoms with van der Waals surface area (Å²) >= 11 is 0. The van der Waals surface area contributed by atoms with Gasteiger partial charge in [0.15, 0.2) is 0 Å². The Bertz CT molecular complexity index is 206. The van der Waals surface area contributed by atoms with Gasteiger partial charge in [-0.05, 0) is 45.1 Å². The summed E-state index contributed by atoms with van der Waals surface area (Å²) in [5.41, 5.74) is 0.699. The van der Waals surface area contributed by atoms with Gasteiger partial charge in [0.25, 0.3) is 0 Å². The number of methoxy groups -OCH3 is 1. The lowest BCUT2D eigenvalue weighted by molar-refractivity contribution is -0.0622. The van der Waals surface area contributed by atoms with E-state index in [1.807, 2.05) is 13.8 Å². The van der Waals surface area contributed by atoms with E-state index in [2.05, 4.69) is 6.08 Å². The fourth-order valence-electron chi connectivity index (χ4n) is 1.85. The van der Waals surface area contributed by atoms with Crippen molar-refractivity contribution in [2.75, 3.05) is 7.11 Å². The van der Waals surface area contributed by atoms with Crippen LogP contribution in [0.5, 0.6) is 0 Å². The Kier molecular flexibility index (Phi) is 4.14. The molecule has 1 rings (SSSR count). The zero-order valence-corrected chi connectivity index (χ0v) is 9.55.